The first kappa shape index (κ1) is 118. The van der Waals surface area contributed by atoms with E-state index >= 15 is 47.9 Å². The summed E-state index contributed by atoms with van der Waals surface area (Å²) in [6.07, 6.45) is -1.74. The minimum absolute atomic E-state index is 0.00408. The van der Waals surface area contributed by atoms with E-state index in [0.717, 1.165) is 44.7 Å². The van der Waals surface area contributed by atoms with Crippen LogP contribution in [0.4, 0.5) is 0 Å². The smallest absolute Gasteiger partial charge is 0.317 e. The van der Waals surface area contributed by atoms with Crippen LogP contribution in [0.1, 0.15) is 116 Å². The van der Waals surface area contributed by atoms with Gasteiger partial charge in [-0.3, -0.25) is 120 Å². The molecule has 50 heteroatoms. The predicted octanol–water partition coefficient (Wildman–Crippen LogP) is -2.84. The molecule has 4 saturated heterocycles. The molecule has 0 unspecified atom stereocenters. The summed E-state index contributed by atoms with van der Waals surface area (Å²) in [6, 6.07) is 5.47. The van der Waals surface area contributed by atoms with E-state index in [2.05, 4.69) is 68.5 Å². The number of aromatic nitrogens is 2. The second-order valence-corrected chi connectivity index (χ2v) is 41.9. The van der Waals surface area contributed by atoms with Gasteiger partial charge in [-0.1, -0.05) is 99.6 Å². The fourth-order valence-electron chi connectivity index (χ4n) is 18.8. The Morgan fingerprint density at radius 1 is 0.520 bits per heavy atom. The Bertz CT molecular complexity index is 5800. The van der Waals surface area contributed by atoms with Crippen molar-refractivity contribution in [2.45, 2.75) is 197 Å². The number of carboxylic acids is 5. The first-order valence-electron chi connectivity index (χ1n) is 49.8. The largest absolute Gasteiger partial charge is 0.481 e. The van der Waals surface area contributed by atoms with E-state index in [-0.39, 0.29) is 142 Å². The Labute approximate surface area is 873 Å². The van der Waals surface area contributed by atoms with Crippen molar-refractivity contribution in [2.75, 3.05) is 135 Å². The maximum absolute atomic E-state index is 15.9. The van der Waals surface area contributed by atoms with Gasteiger partial charge in [0.25, 0.3) is 0 Å². The lowest BCUT2D eigenvalue weighted by molar-refractivity contribution is -0.146. The number of nitrogens with two attached hydrogens (primary N) is 2. The number of para-hydroxylation sites is 2. The third-order valence-electron chi connectivity index (χ3n) is 26.6. The van der Waals surface area contributed by atoms with Crippen LogP contribution >= 0.6 is 23.5 Å². The fraction of sp³-hybridized carbons (Fsp3) is 0.540. The van der Waals surface area contributed by atoms with Crippen molar-refractivity contribution in [1.82, 2.24) is 103 Å². The average molecular weight is 2130 g/mol. The molecule has 0 spiro atoms. The number of aliphatic carboxylic acids is 5. The number of fused-ring (bicyclic) bond motifs is 3. The number of H-pyrrole nitrogens is 2. The molecule has 23 N–H and O–H groups in total. The number of likely N-dealkylation sites (tertiary alicyclic amines) is 2. The van der Waals surface area contributed by atoms with E-state index in [0.29, 0.717) is 39.4 Å². The van der Waals surface area contributed by atoms with Crippen molar-refractivity contribution in [2.24, 2.45) is 22.8 Å². The number of carbonyl (C=O) groups is 20. The van der Waals surface area contributed by atoms with Crippen LogP contribution in [0.25, 0.3) is 32.6 Å². The molecular weight excluding hydrogens is 1990 g/mol. The number of aromatic amines is 2. The number of unbranched alkanes of at least 4 members (excludes halogenated alkanes) is 1. The summed E-state index contributed by atoms with van der Waals surface area (Å²) < 4.78 is 0. The molecule has 2 aromatic heterocycles. The molecule has 13 atom stereocenters. The van der Waals surface area contributed by atoms with Crippen LogP contribution in [0, 0.1) is 11.3 Å². The summed E-state index contributed by atoms with van der Waals surface area (Å²) in [5, 5.41) is 93.3. The summed E-state index contributed by atoms with van der Waals surface area (Å²) in [5.74, 6) is -23.7. The number of amides is 15. The van der Waals surface area contributed by atoms with Crippen molar-refractivity contribution >= 4 is 175 Å². The van der Waals surface area contributed by atoms with Crippen molar-refractivity contribution < 1.29 is 127 Å². The molecule has 4 aromatic carbocycles. The molecule has 6 heterocycles. The minimum Gasteiger partial charge on any atom is -0.481 e. The summed E-state index contributed by atoms with van der Waals surface area (Å²) in [4.78, 5) is 302. The highest BCUT2D eigenvalue weighted by Crippen LogP contribution is 2.30. The van der Waals surface area contributed by atoms with Crippen LogP contribution in [0.3, 0.4) is 0 Å². The number of nitrogens with one attached hydrogen (secondary N) is 13. The van der Waals surface area contributed by atoms with Crippen LogP contribution in [0.15, 0.2) is 103 Å². The highest BCUT2D eigenvalue weighted by Gasteiger charge is 2.45. The van der Waals surface area contributed by atoms with Gasteiger partial charge in [0, 0.05) is 149 Å². The zero-order chi connectivity index (χ0) is 109. The van der Waals surface area contributed by atoms with Gasteiger partial charge in [0.2, 0.25) is 88.6 Å². The number of aliphatic hydroxyl groups excluding tert-OH is 1. The molecule has 15 amide bonds. The minimum atomic E-state index is -2.17. The number of primary amides is 2. The first-order valence-corrected chi connectivity index (χ1v) is 52.1. The molecule has 4 fully saturated rings. The van der Waals surface area contributed by atoms with Gasteiger partial charge in [-0.15, -0.1) is 23.5 Å². The average Bonchev–Trinajstić information content (AvgIpc) is 1.49. The van der Waals surface area contributed by atoms with Crippen LogP contribution in [0.5, 0.6) is 0 Å². The molecule has 150 heavy (non-hydrogen) atoms. The van der Waals surface area contributed by atoms with Crippen LogP contribution in [-0.4, -0.2) is 407 Å². The van der Waals surface area contributed by atoms with Gasteiger partial charge in [-0.25, -0.2) is 0 Å². The molecule has 0 saturated carbocycles. The van der Waals surface area contributed by atoms with E-state index < -0.39 is 272 Å². The highest BCUT2D eigenvalue weighted by molar-refractivity contribution is 8.16. The monoisotopic (exact) mass is 2130 g/mol. The normalized spacial score (nSPS) is 21.4. The quantitative estimate of drug-likeness (QED) is 0.0173. The number of hydrogen-bond acceptors (Lipinski definition) is 28. The molecule has 48 nitrogen and oxygen atoms in total. The molecule has 4 aliphatic heterocycles. The van der Waals surface area contributed by atoms with Crippen molar-refractivity contribution in [3.63, 3.8) is 0 Å². The molecule has 0 aliphatic carbocycles. The maximum atomic E-state index is 15.9. The van der Waals surface area contributed by atoms with Crippen molar-refractivity contribution in [1.29, 1.82) is 0 Å². The SMILES string of the molecule is CC(=O)N[C@@H](Cc1c[nH]c2ccccc12)C(=O)N[C@H](C(=O)N(C)[C@@H](CC(C)(C)C)C(=O)N[C@H]1CSCSC[C@@H](C(=O)N[C@@H](Cc2c[nH]c3ccccc23)C(=O)N2CCC[C@H]2C(N)=O)NC(=O)[C@H](CC(=O)O)NC(=O)[C@H](CCCCNC(=O)CN2CCN(CC(=O)O)CCN(CC(=O)O)CCN(CC(=O)O)CC2)NC(=O)[C@H](Cc2ccc3ccccc3c2)NC(=O)[C@H](CC(N)=O)NC(=O)[C@H](C2CCN(CC(=O)O)CC2)NC1=O)[C@@H](C)O. The lowest BCUT2D eigenvalue weighted by atomic mass is 9.86. The van der Waals surface area contributed by atoms with Crippen molar-refractivity contribution in [3.05, 3.63) is 120 Å². The summed E-state index contributed by atoms with van der Waals surface area (Å²) in [6.45, 7) is 6.17. The number of thioether (sulfide) groups is 2. The third kappa shape index (κ3) is 36.5. The van der Waals surface area contributed by atoms with Gasteiger partial charge in [0.15, 0.2) is 0 Å². The van der Waals surface area contributed by atoms with Gasteiger partial charge >= 0.3 is 29.8 Å². The van der Waals surface area contributed by atoms with Crippen LogP contribution < -0.4 is 70.0 Å². The third-order valence-corrected chi connectivity index (χ3v) is 29.0. The Balaban J connectivity index is 1.03. The number of piperidine rings is 1. The zero-order valence-electron chi connectivity index (χ0n) is 84.7. The molecule has 10 rings (SSSR count). The van der Waals surface area contributed by atoms with Crippen LogP contribution in [0.2, 0.25) is 0 Å². The van der Waals surface area contributed by atoms with Crippen LogP contribution in [-0.2, 0) is 115 Å². The molecular formula is C100H138N22O26S2. The Morgan fingerprint density at radius 2 is 1.02 bits per heavy atom. The molecule has 0 radical (unpaired) electrons. The number of carboxylic acid groups (broad SMARTS) is 5. The Morgan fingerprint density at radius 3 is 1.57 bits per heavy atom. The standard InChI is InChI=1S/C100H138N22O26S2/c1-57(123)86(114-93(142)71(106-58(2)124)42-63-47-104-67-20-11-9-18-65(63)67)99(148)116(6)78(46-100(3,4)5)96(145)113-76-55-150-56-149-54-75(94(143)111-74(98(147)122-29-15-23-77(122)88(102)137)43-64-48-105-68-21-12-10-19-66(64)68)112-92(141)73(45-81(127)128)109-89(138)69(22-13-14-28-103-80(126)49-118-32-34-119(51-83(131)132)36-38-121(53-85(135)136)39-37-120(35-33-118)52-84(133)134)107-90(139)70(41-59-24-25-60-16-7-8-17-62(60)40-59)108-91(140)72(44-79(101)125)110-97(146)87(115-95(76)144)61-26-30-117(31-27-61)50-82(129)130/h7-12,16-21,24-25,40,47-48,57,61,69-78,86-87,104-105,123H,13-15,22-23,26-39,41-46,49-56H2,1-6H3,(H2,101,125)(H2,102,137)(H,103,126)(H,106,124)(H,107,139)(H,108,140)(H,109,138)(H,110,146)(H,111,143)(H,112,141)(H,113,145)(H,114,142)(H,115,144)(H,127,128)(H,129,130)(H,131,132)(H,133,134)(H,135,136)/t57-,69+,70+,71+,72+,73+,74+,75+,76+,77+,78+,86+,87+/m1/s1. The maximum Gasteiger partial charge on any atom is 0.317 e. The molecule has 816 valence electrons. The fourth-order valence-corrected chi connectivity index (χ4v) is 21.0. The number of hydrogen-bond donors (Lipinski definition) is 21. The van der Waals surface area contributed by atoms with Gasteiger partial charge in [0.05, 0.1) is 51.7 Å². The summed E-state index contributed by atoms with van der Waals surface area (Å²) in [7, 11) is 1.22. The molecule has 6 aromatic rings. The van der Waals surface area contributed by atoms with Gasteiger partial charge in [-0.05, 0) is 122 Å². The number of likely N-dealkylation sites (N-methyl/N-ethyl adjacent to an activating group) is 1. The highest BCUT2D eigenvalue weighted by atomic mass is 32.2. The zero-order valence-corrected chi connectivity index (χ0v) is 86.3. The summed E-state index contributed by atoms with van der Waals surface area (Å²) >= 11 is 1.80. The van der Waals surface area contributed by atoms with Gasteiger partial charge in [-0.2, -0.15) is 0 Å². The van der Waals surface area contributed by atoms with E-state index in [1.165, 1.54) is 25.8 Å². The Kier molecular flexibility index (Phi) is 44.5. The topological polar surface area (TPSA) is 701 Å². The predicted molar refractivity (Wildman–Crippen MR) is 551 cm³/mol. The first-order chi connectivity index (χ1) is 71.2. The second-order valence-electron chi connectivity index (χ2n) is 39.5. The number of carbonyl (C=O) groups excluding carboxylic acids is 15. The lowest BCUT2D eigenvalue weighted by Crippen LogP contribution is -2.63. The lowest BCUT2D eigenvalue weighted by Gasteiger charge is -2.37. The molecule has 0 bridgehead atoms. The number of nitrogens with zero attached hydrogens (tertiary/aromatic N) is 7. The second kappa shape index (κ2) is 56.6. The van der Waals surface area contributed by atoms with E-state index in [4.69, 9.17) is 11.5 Å². The Hall–Kier alpha value is -13.9. The van der Waals surface area contributed by atoms with Gasteiger partial charge < -0.3 is 120 Å². The van der Waals surface area contributed by atoms with E-state index in [1.807, 2.05) is 0 Å². The van der Waals surface area contributed by atoms with Gasteiger partial charge in [0.1, 0.15) is 72.5 Å². The number of benzene rings is 4. The van der Waals surface area contributed by atoms with E-state index in [1.54, 1.807) is 149 Å². The van der Waals surface area contributed by atoms with Crippen molar-refractivity contribution in [3.8, 4) is 0 Å². The summed E-state index contributed by atoms with van der Waals surface area (Å²) in [5.41, 5.74) is 13.7. The number of aliphatic hydroxyl groups is 1. The van der Waals surface area contributed by atoms with E-state index in [9.17, 15) is 78.6 Å². The molecule has 4 aliphatic rings. The number of rotatable bonds is 39.